The number of benzene rings is 2. The van der Waals surface area contributed by atoms with Crippen molar-refractivity contribution in [2.75, 3.05) is 18.5 Å². The van der Waals surface area contributed by atoms with E-state index >= 15 is 0 Å². The molecule has 2 amide bonds. The first-order chi connectivity index (χ1) is 16.9. The number of ether oxygens (including phenoxy) is 1. The highest BCUT2D eigenvalue weighted by Crippen LogP contribution is 2.44. The first-order valence-electron chi connectivity index (χ1n) is 11.5. The van der Waals surface area contributed by atoms with Crippen LogP contribution in [0.3, 0.4) is 0 Å². The minimum absolute atomic E-state index is 0.0263. The molecular weight excluding hydrogens is 466 g/mol. The van der Waals surface area contributed by atoms with Gasteiger partial charge in [0.15, 0.2) is 5.13 Å². The van der Waals surface area contributed by atoms with Crippen molar-refractivity contribution in [2.24, 2.45) is 5.92 Å². The molecule has 1 unspecified atom stereocenters. The van der Waals surface area contributed by atoms with E-state index in [-0.39, 0.29) is 37.2 Å². The minimum Gasteiger partial charge on any atom is -0.481 e. The number of anilines is 1. The van der Waals surface area contributed by atoms with Crippen LogP contribution in [-0.4, -0.2) is 41.2 Å². The van der Waals surface area contributed by atoms with Gasteiger partial charge in [-0.3, -0.25) is 14.9 Å². The first-order valence-corrected chi connectivity index (χ1v) is 12.3. The Morgan fingerprint density at radius 2 is 1.74 bits per heavy atom. The molecule has 0 fully saturated rings. The molecule has 1 aromatic heterocycles. The molecule has 1 heterocycles. The van der Waals surface area contributed by atoms with Gasteiger partial charge in [0.2, 0.25) is 5.91 Å². The zero-order valence-electron chi connectivity index (χ0n) is 19.3. The van der Waals surface area contributed by atoms with Crippen molar-refractivity contribution in [1.82, 2.24) is 10.3 Å². The van der Waals surface area contributed by atoms with Gasteiger partial charge in [-0.25, -0.2) is 9.78 Å². The van der Waals surface area contributed by atoms with E-state index in [9.17, 15) is 14.4 Å². The molecule has 35 heavy (non-hydrogen) atoms. The number of hydrogen-bond acceptors (Lipinski definition) is 6. The molecule has 1 aliphatic rings. The van der Waals surface area contributed by atoms with Crippen LogP contribution in [0.4, 0.5) is 9.93 Å². The van der Waals surface area contributed by atoms with Crippen molar-refractivity contribution in [3.05, 3.63) is 70.7 Å². The number of rotatable bonds is 10. The standard InChI is InChI=1S/C26H27N3O5S/c1-16(10-11-24(31)32)13-27-23(30)12-17-15-35-25(28-17)29-26(33)34-14-22-20-8-4-2-6-18(20)19-7-3-5-9-21(19)22/h2-9,15-16,22H,10-14H2,1H3,(H,27,30)(H,31,32)(H,28,29,33). The lowest BCUT2D eigenvalue weighted by atomic mass is 9.98. The van der Waals surface area contributed by atoms with Gasteiger partial charge in [0, 0.05) is 24.3 Å². The molecule has 8 nitrogen and oxygen atoms in total. The number of carbonyl (C=O) groups is 3. The zero-order chi connectivity index (χ0) is 24.8. The van der Waals surface area contributed by atoms with Gasteiger partial charge in [0.25, 0.3) is 0 Å². The van der Waals surface area contributed by atoms with E-state index in [1.54, 1.807) is 5.38 Å². The Morgan fingerprint density at radius 1 is 1.09 bits per heavy atom. The van der Waals surface area contributed by atoms with Crippen LogP contribution < -0.4 is 10.6 Å². The molecule has 2 aromatic carbocycles. The third-order valence-electron chi connectivity index (χ3n) is 5.94. The molecule has 1 aliphatic carbocycles. The second-order valence-corrected chi connectivity index (χ2v) is 9.47. The number of aliphatic carboxylic acids is 1. The third-order valence-corrected chi connectivity index (χ3v) is 6.75. The van der Waals surface area contributed by atoms with E-state index in [2.05, 4.69) is 39.9 Å². The second kappa shape index (κ2) is 11.1. The summed E-state index contributed by atoms with van der Waals surface area (Å²) < 4.78 is 5.53. The SMILES string of the molecule is CC(CCC(=O)O)CNC(=O)Cc1csc(NC(=O)OCC2c3ccccc3-c3ccccc32)n1. The lowest BCUT2D eigenvalue weighted by molar-refractivity contribution is -0.137. The lowest BCUT2D eigenvalue weighted by Gasteiger charge is -2.14. The fourth-order valence-electron chi connectivity index (χ4n) is 4.15. The Hall–Kier alpha value is -3.72. The average Bonchev–Trinajstić information content (AvgIpc) is 3.41. The molecule has 0 radical (unpaired) electrons. The van der Waals surface area contributed by atoms with Crippen LogP contribution in [0.5, 0.6) is 0 Å². The monoisotopic (exact) mass is 493 g/mol. The van der Waals surface area contributed by atoms with Crippen molar-refractivity contribution in [3.8, 4) is 11.1 Å². The molecule has 1 atom stereocenters. The molecule has 9 heteroatoms. The molecule has 0 spiro atoms. The van der Waals surface area contributed by atoms with E-state index < -0.39 is 12.1 Å². The van der Waals surface area contributed by atoms with Gasteiger partial charge >= 0.3 is 12.1 Å². The summed E-state index contributed by atoms with van der Waals surface area (Å²) in [6, 6.07) is 16.3. The largest absolute Gasteiger partial charge is 0.481 e. The summed E-state index contributed by atoms with van der Waals surface area (Å²) >= 11 is 1.22. The van der Waals surface area contributed by atoms with Crippen molar-refractivity contribution in [1.29, 1.82) is 0 Å². The van der Waals surface area contributed by atoms with E-state index in [1.165, 1.54) is 11.3 Å². The van der Waals surface area contributed by atoms with E-state index in [0.29, 0.717) is 23.8 Å². The van der Waals surface area contributed by atoms with Crippen LogP contribution >= 0.6 is 11.3 Å². The van der Waals surface area contributed by atoms with E-state index in [4.69, 9.17) is 9.84 Å². The number of carboxylic acids is 1. The Morgan fingerprint density at radius 3 is 2.40 bits per heavy atom. The number of fused-ring (bicyclic) bond motifs is 3. The minimum atomic E-state index is -0.845. The van der Waals surface area contributed by atoms with Crippen molar-refractivity contribution in [2.45, 2.75) is 32.1 Å². The van der Waals surface area contributed by atoms with Crippen LogP contribution in [0.1, 0.15) is 42.5 Å². The summed E-state index contributed by atoms with van der Waals surface area (Å²) in [7, 11) is 0. The quantitative estimate of drug-likeness (QED) is 0.378. The van der Waals surface area contributed by atoms with Crippen LogP contribution in [0.25, 0.3) is 11.1 Å². The number of hydrogen-bond donors (Lipinski definition) is 3. The highest BCUT2D eigenvalue weighted by molar-refractivity contribution is 7.13. The molecule has 4 rings (SSSR count). The van der Waals surface area contributed by atoms with Gasteiger partial charge in [-0.15, -0.1) is 11.3 Å². The lowest BCUT2D eigenvalue weighted by Crippen LogP contribution is -2.29. The highest BCUT2D eigenvalue weighted by Gasteiger charge is 2.29. The van der Waals surface area contributed by atoms with Gasteiger partial charge < -0.3 is 15.2 Å². The summed E-state index contributed by atoms with van der Waals surface area (Å²) in [5, 5.41) is 16.2. The van der Waals surface area contributed by atoms with Crippen molar-refractivity contribution < 1.29 is 24.2 Å². The maximum atomic E-state index is 12.4. The number of thiazole rings is 1. The summed E-state index contributed by atoms with van der Waals surface area (Å²) in [4.78, 5) is 39.5. The Balaban J connectivity index is 1.25. The summed E-state index contributed by atoms with van der Waals surface area (Å²) in [5.74, 6) is -1.01. The third kappa shape index (κ3) is 6.24. The number of amides is 2. The molecule has 0 bridgehead atoms. The number of aromatic nitrogens is 1. The molecule has 3 N–H and O–H groups in total. The van der Waals surface area contributed by atoms with Crippen LogP contribution in [0.2, 0.25) is 0 Å². The molecule has 0 aliphatic heterocycles. The molecular formula is C26H27N3O5S. The average molecular weight is 494 g/mol. The maximum absolute atomic E-state index is 12.4. The predicted octanol–water partition coefficient (Wildman–Crippen LogP) is 4.66. The van der Waals surface area contributed by atoms with E-state index in [1.807, 2.05) is 31.2 Å². The van der Waals surface area contributed by atoms with Gasteiger partial charge in [0.05, 0.1) is 12.1 Å². The second-order valence-electron chi connectivity index (χ2n) is 8.61. The van der Waals surface area contributed by atoms with Crippen LogP contribution in [0, 0.1) is 5.92 Å². The van der Waals surface area contributed by atoms with E-state index in [0.717, 1.165) is 22.3 Å². The molecule has 0 saturated carbocycles. The van der Waals surface area contributed by atoms with Crippen molar-refractivity contribution in [3.63, 3.8) is 0 Å². The fraction of sp³-hybridized carbons (Fsp3) is 0.308. The topological polar surface area (TPSA) is 118 Å². The Labute approximate surface area is 207 Å². The molecule has 0 saturated heterocycles. The maximum Gasteiger partial charge on any atom is 0.413 e. The van der Waals surface area contributed by atoms with Crippen LogP contribution in [0.15, 0.2) is 53.9 Å². The molecule has 3 aromatic rings. The predicted molar refractivity (Wildman–Crippen MR) is 134 cm³/mol. The normalized spacial score (nSPS) is 12.9. The number of nitrogens with zero attached hydrogens (tertiary/aromatic N) is 1. The molecule has 182 valence electrons. The summed E-state index contributed by atoms with van der Waals surface area (Å²) in [5.41, 5.74) is 5.15. The number of nitrogens with one attached hydrogen (secondary N) is 2. The first kappa shape index (κ1) is 24.4. The summed E-state index contributed by atoms with van der Waals surface area (Å²) in [6.07, 6.45) is 0.0627. The van der Waals surface area contributed by atoms with Gasteiger partial charge in [-0.2, -0.15) is 0 Å². The number of carboxylic acid groups (broad SMARTS) is 1. The fourth-order valence-corrected chi connectivity index (χ4v) is 4.85. The zero-order valence-corrected chi connectivity index (χ0v) is 20.1. The highest BCUT2D eigenvalue weighted by atomic mass is 32.1. The van der Waals surface area contributed by atoms with Gasteiger partial charge in [0.1, 0.15) is 6.61 Å². The summed E-state index contributed by atoms with van der Waals surface area (Å²) in [6.45, 7) is 2.50. The number of carbonyl (C=O) groups excluding carboxylic acids is 2. The Kier molecular flexibility index (Phi) is 7.77. The van der Waals surface area contributed by atoms with Gasteiger partial charge in [-0.05, 0) is 34.6 Å². The van der Waals surface area contributed by atoms with Gasteiger partial charge in [-0.1, -0.05) is 55.5 Å². The van der Waals surface area contributed by atoms with Crippen LogP contribution in [-0.2, 0) is 20.7 Å². The Bertz CT molecular complexity index is 1180. The van der Waals surface area contributed by atoms with Crippen molar-refractivity contribution >= 4 is 34.4 Å². The smallest absolute Gasteiger partial charge is 0.413 e.